The molecule has 1 aliphatic carbocycles. The molecule has 2 nitrogen and oxygen atoms in total. The van der Waals surface area contributed by atoms with Crippen molar-refractivity contribution >= 4 is 28.6 Å². The van der Waals surface area contributed by atoms with Crippen molar-refractivity contribution in [2.45, 2.75) is 32.8 Å². The maximum Gasteiger partial charge on any atom is 0.306 e. The molecule has 80 valence electrons. The molecule has 5 atom stereocenters. The first kappa shape index (κ1) is 10.7. The fourth-order valence-corrected chi connectivity index (χ4v) is 3.93. The van der Waals surface area contributed by atoms with Gasteiger partial charge in [0.05, 0.1) is 0 Å². The van der Waals surface area contributed by atoms with Crippen LogP contribution in [0.25, 0.3) is 0 Å². The van der Waals surface area contributed by atoms with Crippen LogP contribution >= 0.6 is 22.6 Å². The van der Waals surface area contributed by atoms with E-state index in [-0.39, 0.29) is 12.1 Å². The topological polar surface area (TPSA) is 26.3 Å². The lowest BCUT2D eigenvalue weighted by Gasteiger charge is -2.34. The van der Waals surface area contributed by atoms with Crippen molar-refractivity contribution in [3.63, 3.8) is 0 Å². The molecule has 0 aromatic rings. The van der Waals surface area contributed by atoms with Crippen LogP contribution in [0.2, 0.25) is 0 Å². The van der Waals surface area contributed by atoms with Crippen molar-refractivity contribution in [1.29, 1.82) is 0 Å². The summed E-state index contributed by atoms with van der Waals surface area (Å²) in [6.45, 7) is 4.62. The summed E-state index contributed by atoms with van der Waals surface area (Å²) >= 11 is 2.33. The van der Waals surface area contributed by atoms with Crippen molar-refractivity contribution in [2.24, 2.45) is 23.7 Å². The van der Waals surface area contributed by atoms with Gasteiger partial charge >= 0.3 is 5.97 Å². The molecule has 1 saturated carbocycles. The van der Waals surface area contributed by atoms with Gasteiger partial charge in [0.25, 0.3) is 0 Å². The van der Waals surface area contributed by atoms with Gasteiger partial charge in [-0.25, -0.2) is 0 Å². The van der Waals surface area contributed by atoms with Gasteiger partial charge in [-0.3, -0.25) is 4.79 Å². The number of ether oxygens (including phenoxy) is 1. The Hall–Kier alpha value is 0.200. The van der Waals surface area contributed by atoms with E-state index >= 15 is 0 Å². The highest BCUT2D eigenvalue weighted by Gasteiger charge is 2.47. The Bertz CT molecular complexity index is 231. The minimum Gasteiger partial charge on any atom is -0.461 e. The molecule has 2 rings (SSSR count). The number of halogens is 1. The third kappa shape index (κ3) is 1.68. The van der Waals surface area contributed by atoms with Crippen LogP contribution in [0, 0.1) is 23.7 Å². The van der Waals surface area contributed by atoms with E-state index < -0.39 is 0 Å². The second-order valence-electron chi connectivity index (χ2n) is 4.80. The maximum absolute atomic E-state index is 11.4. The molecule has 1 saturated heterocycles. The van der Waals surface area contributed by atoms with Gasteiger partial charge in [-0.2, -0.15) is 0 Å². The number of fused-ring (bicyclic) bond motifs is 1. The minimum absolute atomic E-state index is 0.0224. The van der Waals surface area contributed by atoms with Crippen LogP contribution < -0.4 is 0 Å². The SMILES string of the molecule is CC1CC2CC(=O)OC(CI)C2C1C. The maximum atomic E-state index is 11.4. The fourth-order valence-electron chi connectivity index (χ4n) is 3.16. The van der Waals surface area contributed by atoms with Crippen molar-refractivity contribution in [3.05, 3.63) is 0 Å². The molecule has 0 spiro atoms. The Kier molecular flexibility index (Phi) is 3.05. The van der Waals surface area contributed by atoms with E-state index in [0.717, 1.165) is 10.3 Å². The Morgan fingerprint density at radius 3 is 2.86 bits per heavy atom. The standard InChI is InChI=1S/C11H17IO2/c1-6-3-8-4-10(13)14-9(5-12)11(8)7(6)2/h6-9,11H,3-5H2,1-2H3. The number of hydrogen-bond acceptors (Lipinski definition) is 2. The highest BCUT2D eigenvalue weighted by molar-refractivity contribution is 14.1. The lowest BCUT2D eigenvalue weighted by atomic mass is 9.82. The van der Waals surface area contributed by atoms with E-state index in [1.165, 1.54) is 6.42 Å². The summed E-state index contributed by atoms with van der Waals surface area (Å²) in [4.78, 5) is 11.4. The van der Waals surface area contributed by atoms with Crippen LogP contribution in [0.15, 0.2) is 0 Å². The minimum atomic E-state index is 0.0224. The molecule has 14 heavy (non-hydrogen) atoms. The van der Waals surface area contributed by atoms with E-state index in [4.69, 9.17) is 4.74 Å². The van der Waals surface area contributed by atoms with Gasteiger partial charge in [-0.15, -0.1) is 0 Å². The first-order chi connectivity index (χ1) is 6.63. The lowest BCUT2D eigenvalue weighted by molar-refractivity contribution is -0.160. The summed E-state index contributed by atoms with van der Waals surface area (Å²) in [6, 6.07) is 0. The average Bonchev–Trinajstić information content (AvgIpc) is 2.41. The molecule has 2 aliphatic rings. The highest BCUT2D eigenvalue weighted by atomic mass is 127. The molecule has 2 fully saturated rings. The number of rotatable bonds is 1. The third-order valence-electron chi connectivity index (χ3n) is 4.02. The fraction of sp³-hybridized carbons (Fsp3) is 0.909. The number of carbonyl (C=O) groups is 1. The lowest BCUT2D eigenvalue weighted by Crippen LogP contribution is -2.39. The summed E-state index contributed by atoms with van der Waals surface area (Å²) in [5.41, 5.74) is 0. The number of alkyl halides is 1. The van der Waals surface area contributed by atoms with Gasteiger partial charge in [0.1, 0.15) is 6.10 Å². The predicted octanol–water partition coefficient (Wildman–Crippen LogP) is 2.65. The Labute approximate surface area is 98.9 Å². The van der Waals surface area contributed by atoms with Crippen LogP contribution in [0.3, 0.4) is 0 Å². The number of esters is 1. The van der Waals surface area contributed by atoms with Crippen LogP contribution in [-0.2, 0) is 9.53 Å². The van der Waals surface area contributed by atoms with Gasteiger partial charge in [-0.1, -0.05) is 36.4 Å². The Balaban J connectivity index is 2.17. The van der Waals surface area contributed by atoms with Gasteiger partial charge in [0.2, 0.25) is 0 Å². The first-order valence-corrected chi connectivity index (χ1v) is 6.91. The monoisotopic (exact) mass is 308 g/mol. The molecule has 5 unspecified atom stereocenters. The molecule has 0 radical (unpaired) electrons. The molecule has 0 amide bonds. The average molecular weight is 308 g/mol. The zero-order valence-electron chi connectivity index (χ0n) is 8.70. The van der Waals surface area contributed by atoms with Crippen LogP contribution in [0.1, 0.15) is 26.7 Å². The van der Waals surface area contributed by atoms with E-state index in [1.807, 2.05) is 0 Å². The van der Waals surface area contributed by atoms with E-state index in [9.17, 15) is 4.79 Å². The van der Waals surface area contributed by atoms with Crippen molar-refractivity contribution in [2.75, 3.05) is 4.43 Å². The van der Waals surface area contributed by atoms with Gasteiger partial charge < -0.3 is 4.74 Å². The summed E-state index contributed by atoms with van der Waals surface area (Å²) in [5, 5.41) is 0. The van der Waals surface area contributed by atoms with E-state index in [1.54, 1.807) is 0 Å². The van der Waals surface area contributed by atoms with Gasteiger partial charge in [0.15, 0.2) is 0 Å². The summed E-state index contributed by atoms with van der Waals surface area (Å²) in [6.07, 6.45) is 2.06. The molecule has 0 aromatic heterocycles. The van der Waals surface area contributed by atoms with Crippen molar-refractivity contribution in [1.82, 2.24) is 0 Å². The van der Waals surface area contributed by atoms with Crippen LogP contribution in [-0.4, -0.2) is 16.5 Å². The van der Waals surface area contributed by atoms with E-state index in [0.29, 0.717) is 24.2 Å². The normalized spacial score (nSPS) is 47.4. The van der Waals surface area contributed by atoms with Gasteiger partial charge in [0, 0.05) is 16.8 Å². The molecule has 1 heterocycles. The summed E-state index contributed by atoms with van der Waals surface area (Å²) < 4.78 is 6.37. The smallest absolute Gasteiger partial charge is 0.306 e. The predicted molar refractivity (Wildman–Crippen MR) is 63.3 cm³/mol. The molecule has 0 N–H and O–H groups in total. The molecule has 0 aromatic carbocycles. The Morgan fingerprint density at radius 2 is 2.21 bits per heavy atom. The summed E-state index contributed by atoms with van der Waals surface area (Å²) in [7, 11) is 0. The number of cyclic esters (lactones) is 1. The quantitative estimate of drug-likeness (QED) is 0.423. The third-order valence-corrected chi connectivity index (χ3v) is 4.88. The zero-order chi connectivity index (χ0) is 10.3. The molecule has 3 heteroatoms. The molecule has 0 bridgehead atoms. The molecular formula is C11H17IO2. The Morgan fingerprint density at radius 1 is 1.50 bits per heavy atom. The zero-order valence-corrected chi connectivity index (χ0v) is 10.9. The molecular weight excluding hydrogens is 291 g/mol. The second-order valence-corrected chi connectivity index (χ2v) is 5.68. The number of hydrogen-bond donors (Lipinski definition) is 0. The molecule has 1 aliphatic heterocycles. The van der Waals surface area contributed by atoms with E-state index in [2.05, 4.69) is 36.4 Å². The van der Waals surface area contributed by atoms with Crippen LogP contribution in [0.4, 0.5) is 0 Å². The van der Waals surface area contributed by atoms with Crippen molar-refractivity contribution in [3.8, 4) is 0 Å². The first-order valence-electron chi connectivity index (χ1n) is 5.39. The van der Waals surface area contributed by atoms with Crippen LogP contribution in [0.5, 0.6) is 0 Å². The van der Waals surface area contributed by atoms with Crippen molar-refractivity contribution < 1.29 is 9.53 Å². The largest absolute Gasteiger partial charge is 0.461 e. The summed E-state index contributed by atoms with van der Waals surface area (Å²) in [5.74, 6) is 2.72. The second kappa shape index (κ2) is 3.99. The van der Waals surface area contributed by atoms with Gasteiger partial charge in [-0.05, 0) is 24.2 Å². The number of carbonyl (C=O) groups excluding carboxylic acids is 1. The highest BCUT2D eigenvalue weighted by Crippen LogP contribution is 2.48.